The Morgan fingerprint density at radius 3 is 2.54 bits per heavy atom. The number of amides is 1. The zero-order valence-electron chi connectivity index (χ0n) is 14.4. The van der Waals surface area contributed by atoms with E-state index in [2.05, 4.69) is 15.1 Å². The van der Waals surface area contributed by atoms with E-state index in [-0.39, 0.29) is 23.1 Å². The summed E-state index contributed by atoms with van der Waals surface area (Å²) in [6.07, 6.45) is -4.95. The summed E-state index contributed by atoms with van der Waals surface area (Å²) in [6.45, 7) is 1.38. The standard InChI is InChI=1S/C18H13ClF3N3O3/c1-10-23-16-13(3-2-4-14(16)28-18(20,21)22)17(27)25(10)24-15(26)9-11-5-7-12(19)8-6-11/h2-8H,9H2,1H3,(H,24,26). The Morgan fingerprint density at radius 1 is 1.21 bits per heavy atom. The normalized spacial score (nSPS) is 11.5. The predicted molar refractivity (Wildman–Crippen MR) is 96.9 cm³/mol. The van der Waals surface area contributed by atoms with Gasteiger partial charge in [-0.2, -0.15) is 0 Å². The number of nitrogens with one attached hydrogen (secondary N) is 1. The van der Waals surface area contributed by atoms with Crippen molar-refractivity contribution in [3.63, 3.8) is 0 Å². The molecule has 2 aromatic carbocycles. The van der Waals surface area contributed by atoms with Crippen LogP contribution in [0.3, 0.4) is 0 Å². The zero-order valence-corrected chi connectivity index (χ0v) is 15.1. The molecule has 3 aromatic rings. The van der Waals surface area contributed by atoms with Gasteiger partial charge in [0.15, 0.2) is 5.75 Å². The highest BCUT2D eigenvalue weighted by atomic mass is 35.5. The maximum atomic E-state index is 12.7. The molecule has 1 amide bonds. The van der Waals surface area contributed by atoms with Crippen molar-refractivity contribution in [2.24, 2.45) is 0 Å². The number of para-hydroxylation sites is 1. The van der Waals surface area contributed by atoms with E-state index in [1.165, 1.54) is 19.1 Å². The Morgan fingerprint density at radius 2 is 1.89 bits per heavy atom. The fourth-order valence-corrected chi connectivity index (χ4v) is 2.71. The number of alkyl halides is 3. The van der Waals surface area contributed by atoms with E-state index < -0.39 is 23.6 Å². The molecular weight excluding hydrogens is 399 g/mol. The van der Waals surface area contributed by atoms with Crippen molar-refractivity contribution < 1.29 is 22.7 Å². The Kier molecular flexibility index (Phi) is 5.28. The maximum absolute atomic E-state index is 12.7. The number of rotatable bonds is 4. The molecule has 1 N–H and O–H groups in total. The molecule has 0 bridgehead atoms. The number of hydrogen-bond acceptors (Lipinski definition) is 4. The lowest BCUT2D eigenvalue weighted by atomic mass is 10.1. The van der Waals surface area contributed by atoms with Gasteiger partial charge in [0, 0.05) is 5.02 Å². The molecule has 0 saturated heterocycles. The van der Waals surface area contributed by atoms with Crippen LogP contribution in [-0.2, 0) is 11.2 Å². The summed E-state index contributed by atoms with van der Waals surface area (Å²) in [5.41, 5.74) is 2.11. The van der Waals surface area contributed by atoms with Crippen molar-refractivity contribution in [1.29, 1.82) is 0 Å². The summed E-state index contributed by atoms with van der Waals surface area (Å²) in [5, 5.41) is 0.394. The molecule has 1 heterocycles. The quantitative estimate of drug-likeness (QED) is 0.712. The van der Waals surface area contributed by atoms with E-state index in [0.29, 0.717) is 10.6 Å². The summed E-state index contributed by atoms with van der Waals surface area (Å²) >= 11 is 5.79. The first-order valence-electron chi connectivity index (χ1n) is 7.96. The molecule has 146 valence electrons. The summed E-state index contributed by atoms with van der Waals surface area (Å²) < 4.78 is 42.5. The summed E-state index contributed by atoms with van der Waals surface area (Å²) in [5.74, 6) is -1.10. The average molecular weight is 412 g/mol. The second-order valence-electron chi connectivity index (χ2n) is 5.84. The number of fused-ring (bicyclic) bond motifs is 1. The molecule has 0 aliphatic carbocycles. The minimum absolute atomic E-state index is 0.000167. The molecule has 0 spiro atoms. The van der Waals surface area contributed by atoms with Gasteiger partial charge in [0.1, 0.15) is 11.3 Å². The van der Waals surface area contributed by atoms with E-state index in [9.17, 15) is 22.8 Å². The zero-order chi connectivity index (χ0) is 20.5. The fourth-order valence-electron chi connectivity index (χ4n) is 2.58. The van der Waals surface area contributed by atoms with Gasteiger partial charge in [0.25, 0.3) is 5.56 Å². The van der Waals surface area contributed by atoms with Crippen LogP contribution in [0, 0.1) is 6.92 Å². The lowest BCUT2D eigenvalue weighted by Crippen LogP contribution is -2.36. The Hall–Kier alpha value is -3.07. The lowest BCUT2D eigenvalue weighted by Gasteiger charge is -2.14. The first-order chi connectivity index (χ1) is 13.1. The van der Waals surface area contributed by atoms with Gasteiger partial charge in [-0.25, -0.2) is 9.66 Å². The third kappa shape index (κ3) is 4.42. The van der Waals surface area contributed by atoms with Gasteiger partial charge in [0.05, 0.1) is 11.8 Å². The third-order valence-corrected chi connectivity index (χ3v) is 4.02. The number of carbonyl (C=O) groups is 1. The van der Waals surface area contributed by atoms with Crippen LogP contribution in [0.2, 0.25) is 5.02 Å². The topological polar surface area (TPSA) is 73.2 Å². The SMILES string of the molecule is Cc1nc2c(OC(F)(F)F)cccc2c(=O)n1NC(=O)Cc1ccc(Cl)cc1. The van der Waals surface area contributed by atoms with Crippen LogP contribution < -0.4 is 15.7 Å². The lowest BCUT2D eigenvalue weighted by molar-refractivity contribution is -0.274. The van der Waals surface area contributed by atoms with Crippen molar-refractivity contribution in [3.05, 3.63) is 69.2 Å². The molecule has 0 radical (unpaired) electrons. The minimum Gasteiger partial charge on any atom is -0.403 e. The first kappa shape index (κ1) is 19.7. The third-order valence-electron chi connectivity index (χ3n) is 3.77. The molecule has 6 nitrogen and oxygen atoms in total. The summed E-state index contributed by atoms with van der Waals surface area (Å²) in [6, 6.07) is 10.2. The number of benzene rings is 2. The molecule has 10 heteroatoms. The molecule has 0 fully saturated rings. The largest absolute Gasteiger partial charge is 0.573 e. The van der Waals surface area contributed by atoms with Crippen molar-refractivity contribution in [3.8, 4) is 5.75 Å². The van der Waals surface area contributed by atoms with E-state index in [4.69, 9.17) is 11.6 Å². The van der Waals surface area contributed by atoms with Crippen molar-refractivity contribution in [2.45, 2.75) is 19.7 Å². The average Bonchev–Trinajstić information content (AvgIpc) is 2.60. The first-order valence-corrected chi connectivity index (χ1v) is 8.34. The molecule has 0 atom stereocenters. The predicted octanol–water partition coefficient (Wildman–Crippen LogP) is 3.57. The molecule has 0 unspecified atom stereocenters. The van der Waals surface area contributed by atoms with Gasteiger partial charge in [-0.1, -0.05) is 29.8 Å². The van der Waals surface area contributed by atoms with Gasteiger partial charge >= 0.3 is 6.36 Å². The van der Waals surface area contributed by atoms with Gasteiger partial charge in [-0.15, -0.1) is 13.2 Å². The number of carbonyl (C=O) groups excluding carboxylic acids is 1. The van der Waals surface area contributed by atoms with Gasteiger partial charge < -0.3 is 4.74 Å². The Labute approximate surface area is 161 Å². The van der Waals surface area contributed by atoms with Crippen LogP contribution in [0.25, 0.3) is 10.9 Å². The van der Waals surface area contributed by atoms with E-state index in [1.54, 1.807) is 24.3 Å². The molecule has 0 aliphatic rings. The van der Waals surface area contributed by atoms with Crippen LogP contribution in [0.5, 0.6) is 5.75 Å². The number of hydrogen-bond donors (Lipinski definition) is 1. The van der Waals surface area contributed by atoms with Crippen LogP contribution in [-0.4, -0.2) is 21.9 Å². The highest BCUT2D eigenvalue weighted by molar-refractivity contribution is 6.30. The van der Waals surface area contributed by atoms with Crippen molar-refractivity contribution in [2.75, 3.05) is 5.43 Å². The smallest absolute Gasteiger partial charge is 0.403 e. The van der Waals surface area contributed by atoms with Crippen LogP contribution in [0.1, 0.15) is 11.4 Å². The number of aryl methyl sites for hydroxylation is 1. The number of ether oxygens (including phenoxy) is 1. The number of nitrogens with zero attached hydrogens (tertiary/aromatic N) is 2. The van der Waals surface area contributed by atoms with E-state index >= 15 is 0 Å². The summed E-state index contributed by atoms with van der Waals surface area (Å²) in [4.78, 5) is 28.9. The molecule has 3 rings (SSSR count). The summed E-state index contributed by atoms with van der Waals surface area (Å²) in [7, 11) is 0. The van der Waals surface area contributed by atoms with E-state index in [1.807, 2.05) is 0 Å². The molecule has 0 aliphatic heterocycles. The Bertz CT molecular complexity index is 1100. The molecule has 0 saturated carbocycles. The van der Waals surface area contributed by atoms with Crippen LogP contribution >= 0.6 is 11.6 Å². The molecule has 1 aromatic heterocycles. The van der Waals surface area contributed by atoms with Gasteiger partial charge in [-0.05, 0) is 36.8 Å². The van der Waals surface area contributed by atoms with Crippen LogP contribution in [0.4, 0.5) is 13.2 Å². The highest BCUT2D eigenvalue weighted by Crippen LogP contribution is 2.28. The second-order valence-corrected chi connectivity index (χ2v) is 6.27. The second kappa shape index (κ2) is 7.51. The van der Waals surface area contributed by atoms with E-state index in [0.717, 1.165) is 10.7 Å². The minimum atomic E-state index is -4.93. The number of halogens is 4. The maximum Gasteiger partial charge on any atom is 0.573 e. The van der Waals surface area contributed by atoms with Crippen molar-refractivity contribution >= 4 is 28.4 Å². The highest BCUT2D eigenvalue weighted by Gasteiger charge is 2.32. The number of aromatic nitrogens is 2. The molecular formula is C18H13ClF3N3O3. The fraction of sp³-hybridized carbons (Fsp3) is 0.167. The molecule has 28 heavy (non-hydrogen) atoms. The van der Waals surface area contributed by atoms with Gasteiger partial charge in [-0.3, -0.25) is 15.0 Å². The van der Waals surface area contributed by atoms with Gasteiger partial charge in [0.2, 0.25) is 5.91 Å². The Balaban J connectivity index is 1.93. The van der Waals surface area contributed by atoms with Crippen molar-refractivity contribution in [1.82, 2.24) is 9.66 Å². The monoisotopic (exact) mass is 411 g/mol. The van der Waals surface area contributed by atoms with Crippen LogP contribution in [0.15, 0.2) is 47.3 Å².